The lowest BCUT2D eigenvalue weighted by Gasteiger charge is -2.15. The molecule has 2 aromatic rings. The molecule has 0 heterocycles. The van der Waals surface area contributed by atoms with E-state index in [9.17, 15) is 4.79 Å². The summed E-state index contributed by atoms with van der Waals surface area (Å²) in [6.07, 6.45) is 0. The average Bonchev–Trinajstić information content (AvgIpc) is 2.34. The van der Waals surface area contributed by atoms with Gasteiger partial charge in [-0.2, -0.15) is 0 Å². The highest BCUT2D eigenvalue weighted by Gasteiger charge is 2.08. The number of aryl methyl sites for hydroxylation is 3. The van der Waals surface area contributed by atoms with Gasteiger partial charge in [0.15, 0.2) is 5.78 Å². The normalized spacial score (nSPS) is 10.4. The molecule has 3 nitrogen and oxygen atoms in total. The van der Waals surface area contributed by atoms with E-state index in [4.69, 9.17) is 5.73 Å². The van der Waals surface area contributed by atoms with Gasteiger partial charge in [-0.15, -0.1) is 0 Å². The van der Waals surface area contributed by atoms with Crippen LogP contribution in [0.5, 0.6) is 0 Å². The summed E-state index contributed by atoms with van der Waals surface area (Å²) < 4.78 is 0. The van der Waals surface area contributed by atoms with Crippen molar-refractivity contribution >= 4 is 22.8 Å². The van der Waals surface area contributed by atoms with Crippen LogP contribution < -0.4 is 11.1 Å². The Labute approximate surface area is 119 Å². The minimum Gasteiger partial charge on any atom is -0.397 e. The maximum Gasteiger partial charge on any atom is 0.159 e. The van der Waals surface area contributed by atoms with Crippen LogP contribution >= 0.6 is 0 Å². The summed E-state index contributed by atoms with van der Waals surface area (Å²) in [5, 5.41) is 3.37. The molecule has 0 saturated heterocycles. The first kappa shape index (κ1) is 14.1. The molecule has 0 aliphatic carbocycles. The molecule has 3 heteroatoms. The molecule has 0 spiro atoms. The smallest absolute Gasteiger partial charge is 0.159 e. The maximum atomic E-state index is 11.3. The van der Waals surface area contributed by atoms with E-state index in [1.54, 1.807) is 12.1 Å². The van der Waals surface area contributed by atoms with Crippen molar-refractivity contribution in [3.8, 4) is 0 Å². The van der Waals surface area contributed by atoms with Crippen molar-refractivity contribution in [1.29, 1.82) is 0 Å². The Balaban J connectivity index is 2.38. The molecule has 0 saturated carbocycles. The predicted octanol–water partition coefficient (Wildman–Crippen LogP) is 4.14. The van der Waals surface area contributed by atoms with Crippen LogP contribution in [0.4, 0.5) is 17.1 Å². The number of nitrogens with one attached hydrogen (secondary N) is 1. The SMILES string of the molecule is CC(=O)c1ccc(Nc2c(C)cc(C)cc2C)c(N)c1. The van der Waals surface area contributed by atoms with Gasteiger partial charge in [-0.05, 0) is 57.0 Å². The van der Waals surface area contributed by atoms with E-state index >= 15 is 0 Å². The lowest BCUT2D eigenvalue weighted by Crippen LogP contribution is -2.02. The van der Waals surface area contributed by atoms with Gasteiger partial charge in [0.25, 0.3) is 0 Å². The van der Waals surface area contributed by atoms with Gasteiger partial charge in [0.05, 0.1) is 11.4 Å². The molecule has 0 aliphatic rings. The molecule has 3 N–H and O–H groups in total. The van der Waals surface area contributed by atoms with E-state index in [0.29, 0.717) is 11.3 Å². The summed E-state index contributed by atoms with van der Waals surface area (Å²) in [5.74, 6) is 0.0194. The van der Waals surface area contributed by atoms with Gasteiger partial charge in [0.1, 0.15) is 0 Å². The van der Waals surface area contributed by atoms with Gasteiger partial charge in [-0.25, -0.2) is 0 Å². The Morgan fingerprint density at radius 1 is 1.05 bits per heavy atom. The summed E-state index contributed by atoms with van der Waals surface area (Å²) in [5.41, 5.74) is 12.7. The largest absolute Gasteiger partial charge is 0.397 e. The van der Waals surface area contributed by atoms with Gasteiger partial charge < -0.3 is 11.1 Å². The Kier molecular flexibility index (Phi) is 3.79. The van der Waals surface area contributed by atoms with E-state index in [-0.39, 0.29) is 5.78 Å². The topological polar surface area (TPSA) is 55.1 Å². The highest BCUT2D eigenvalue weighted by molar-refractivity contribution is 5.96. The fourth-order valence-electron chi connectivity index (χ4n) is 2.41. The first-order valence-corrected chi connectivity index (χ1v) is 6.64. The maximum absolute atomic E-state index is 11.3. The van der Waals surface area contributed by atoms with Crippen LogP contribution in [0.2, 0.25) is 0 Å². The number of carbonyl (C=O) groups excluding carboxylic acids is 1. The Bertz CT molecular complexity index is 652. The lowest BCUT2D eigenvalue weighted by atomic mass is 10.0. The van der Waals surface area contributed by atoms with Crippen LogP contribution in [-0.4, -0.2) is 5.78 Å². The summed E-state index contributed by atoms with van der Waals surface area (Å²) in [7, 11) is 0. The molecular formula is C17H20N2O. The number of benzene rings is 2. The number of nitrogen functional groups attached to an aromatic ring is 1. The Hall–Kier alpha value is -2.29. The molecule has 2 rings (SSSR count). The monoisotopic (exact) mass is 268 g/mol. The molecule has 0 atom stereocenters. The first-order chi connectivity index (χ1) is 9.38. The van der Waals surface area contributed by atoms with E-state index in [0.717, 1.165) is 11.4 Å². The van der Waals surface area contributed by atoms with Gasteiger partial charge in [-0.1, -0.05) is 17.7 Å². The van der Waals surface area contributed by atoms with E-state index in [1.807, 2.05) is 6.07 Å². The Morgan fingerprint density at radius 2 is 1.65 bits per heavy atom. The number of ketones is 1. The summed E-state index contributed by atoms with van der Waals surface area (Å²) in [6, 6.07) is 9.62. The first-order valence-electron chi connectivity index (χ1n) is 6.64. The van der Waals surface area contributed by atoms with Crippen LogP contribution in [0.3, 0.4) is 0 Å². The van der Waals surface area contributed by atoms with Gasteiger partial charge >= 0.3 is 0 Å². The molecular weight excluding hydrogens is 248 g/mol. The molecule has 0 unspecified atom stereocenters. The Morgan fingerprint density at radius 3 is 2.15 bits per heavy atom. The van der Waals surface area contributed by atoms with E-state index in [1.165, 1.54) is 23.6 Å². The number of carbonyl (C=O) groups is 1. The van der Waals surface area contributed by atoms with E-state index < -0.39 is 0 Å². The van der Waals surface area contributed by atoms with Crippen molar-refractivity contribution in [3.63, 3.8) is 0 Å². The van der Waals surface area contributed by atoms with Crippen molar-refractivity contribution in [3.05, 3.63) is 52.6 Å². The molecule has 104 valence electrons. The van der Waals surface area contributed by atoms with Gasteiger partial charge in [-0.3, -0.25) is 4.79 Å². The minimum atomic E-state index is 0.0194. The molecule has 0 bridgehead atoms. The fraction of sp³-hybridized carbons (Fsp3) is 0.235. The predicted molar refractivity (Wildman–Crippen MR) is 84.8 cm³/mol. The van der Waals surface area contributed by atoms with Crippen molar-refractivity contribution in [1.82, 2.24) is 0 Å². The molecule has 0 aromatic heterocycles. The molecule has 0 radical (unpaired) electrons. The van der Waals surface area contributed by atoms with Crippen molar-refractivity contribution in [2.24, 2.45) is 0 Å². The summed E-state index contributed by atoms with van der Waals surface area (Å²) in [6.45, 7) is 7.76. The average molecular weight is 268 g/mol. The van der Waals surface area contributed by atoms with Crippen LogP contribution in [-0.2, 0) is 0 Å². The standard InChI is InChI=1S/C17H20N2O/c1-10-7-11(2)17(12(3)8-10)19-16-6-5-14(13(4)20)9-15(16)18/h5-9,19H,18H2,1-4H3. The van der Waals surface area contributed by atoms with Crippen LogP contribution in [0.25, 0.3) is 0 Å². The molecule has 0 aliphatic heterocycles. The molecule has 20 heavy (non-hydrogen) atoms. The fourth-order valence-corrected chi connectivity index (χ4v) is 2.41. The van der Waals surface area contributed by atoms with Crippen molar-refractivity contribution < 1.29 is 4.79 Å². The van der Waals surface area contributed by atoms with Gasteiger partial charge in [0, 0.05) is 11.3 Å². The zero-order chi connectivity index (χ0) is 14.9. The minimum absolute atomic E-state index is 0.0194. The van der Waals surface area contributed by atoms with Crippen molar-refractivity contribution in [2.75, 3.05) is 11.1 Å². The summed E-state index contributed by atoms with van der Waals surface area (Å²) in [4.78, 5) is 11.3. The number of Topliss-reactive ketones (excluding diaryl/α,β-unsaturated/α-hetero) is 1. The van der Waals surface area contributed by atoms with Gasteiger partial charge in [0.2, 0.25) is 0 Å². The quantitative estimate of drug-likeness (QED) is 0.649. The number of hydrogen-bond acceptors (Lipinski definition) is 3. The third kappa shape index (κ3) is 2.82. The highest BCUT2D eigenvalue weighted by atomic mass is 16.1. The molecule has 0 fully saturated rings. The van der Waals surface area contributed by atoms with E-state index in [2.05, 4.69) is 38.2 Å². The second-order valence-corrected chi connectivity index (χ2v) is 5.26. The second kappa shape index (κ2) is 5.37. The van der Waals surface area contributed by atoms with Crippen molar-refractivity contribution in [2.45, 2.75) is 27.7 Å². The third-order valence-electron chi connectivity index (χ3n) is 3.39. The number of rotatable bonds is 3. The molecule has 2 aromatic carbocycles. The number of nitrogens with two attached hydrogens (primary N) is 1. The molecule has 0 amide bonds. The summed E-state index contributed by atoms with van der Waals surface area (Å²) >= 11 is 0. The third-order valence-corrected chi connectivity index (χ3v) is 3.39. The van der Waals surface area contributed by atoms with Crippen LogP contribution in [0.1, 0.15) is 34.0 Å². The number of hydrogen-bond donors (Lipinski definition) is 2. The van der Waals surface area contributed by atoms with Crippen LogP contribution in [0, 0.1) is 20.8 Å². The number of anilines is 3. The second-order valence-electron chi connectivity index (χ2n) is 5.26. The van der Waals surface area contributed by atoms with Crippen LogP contribution in [0.15, 0.2) is 30.3 Å². The highest BCUT2D eigenvalue weighted by Crippen LogP contribution is 2.29. The zero-order valence-corrected chi connectivity index (χ0v) is 12.4. The zero-order valence-electron chi connectivity index (χ0n) is 12.4. The lowest BCUT2D eigenvalue weighted by molar-refractivity contribution is 0.101.